The molecule has 0 spiro atoms. The molecule has 0 saturated carbocycles. The van der Waals surface area contributed by atoms with Gasteiger partial charge in [0.05, 0.1) is 24.7 Å². The van der Waals surface area contributed by atoms with Crippen molar-refractivity contribution in [1.82, 2.24) is 0 Å². The van der Waals surface area contributed by atoms with Crippen LogP contribution in [0.3, 0.4) is 0 Å². The fraction of sp³-hybridized carbons (Fsp3) is 0. The zero-order valence-corrected chi connectivity index (χ0v) is 22.0. The summed E-state index contributed by atoms with van der Waals surface area (Å²) >= 11 is 0. The fourth-order valence-electron chi connectivity index (χ4n) is 5.61. The summed E-state index contributed by atoms with van der Waals surface area (Å²) in [6.07, 6.45) is 0. The maximum absolute atomic E-state index is 9.58. The van der Waals surface area contributed by atoms with Gasteiger partial charge in [-0.15, -0.1) is 0 Å². The van der Waals surface area contributed by atoms with Crippen molar-refractivity contribution in [3.63, 3.8) is 0 Å². The van der Waals surface area contributed by atoms with Crippen molar-refractivity contribution >= 4 is 54.3 Å². The van der Waals surface area contributed by atoms with Gasteiger partial charge in [-0.3, -0.25) is 0 Å². The van der Waals surface area contributed by atoms with E-state index in [2.05, 4.69) is 0 Å². The number of rotatable bonds is 3. The van der Waals surface area contributed by atoms with Crippen molar-refractivity contribution in [3.8, 4) is 33.4 Å². The molecule has 0 radical (unpaired) electrons. The van der Waals surface area contributed by atoms with E-state index in [0.717, 1.165) is 0 Å². The van der Waals surface area contributed by atoms with Crippen molar-refractivity contribution in [3.05, 3.63) is 157 Å². The minimum absolute atomic E-state index is 0.0953. The van der Waals surface area contributed by atoms with Crippen LogP contribution in [0.25, 0.3) is 87.6 Å². The highest BCUT2D eigenvalue weighted by molar-refractivity contribution is 6.22. The number of hydrogen-bond donors (Lipinski definition) is 0. The maximum Gasteiger partial charge on any atom is 0.136 e. The molecule has 0 atom stereocenters. The van der Waals surface area contributed by atoms with Crippen LogP contribution in [0.5, 0.6) is 0 Å². The van der Waals surface area contributed by atoms with E-state index in [1.165, 1.54) is 0 Å². The molecule has 0 aliphatic rings. The molecular weight excluding hydrogens is 520 g/mol. The third-order valence-corrected chi connectivity index (χ3v) is 7.44. The van der Waals surface area contributed by atoms with Crippen LogP contribution in [0, 0.1) is 0 Å². The van der Waals surface area contributed by atoms with Crippen LogP contribution in [0.15, 0.2) is 162 Å². The molecule has 1 nitrogen and oxygen atoms in total. The Kier molecular flexibility index (Phi) is 2.70. The van der Waals surface area contributed by atoms with Gasteiger partial charge in [0.2, 0.25) is 0 Å². The van der Waals surface area contributed by atoms with Gasteiger partial charge in [-0.25, -0.2) is 0 Å². The largest absolute Gasteiger partial charge is 0.456 e. The van der Waals surface area contributed by atoms with Gasteiger partial charge in [0.25, 0.3) is 0 Å². The van der Waals surface area contributed by atoms with Crippen LogP contribution < -0.4 is 0 Å². The number of benzene rings is 8. The summed E-state index contributed by atoms with van der Waals surface area (Å²) < 4.78 is 164. The van der Waals surface area contributed by atoms with Gasteiger partial charge in [-0.1, -0.05) is 127 Å². The average Bonchev–Trinajstić information content (AvgIpc) is 3.67. The Bertz CT molecular complexity index is 3430. The number of furan rings is 1. The van der Waals surface area contributed by atoms with Gasteiger partial charge in [0.1, 0.15) is 11.2 Å². The SMILES string of the molecule is [2H]c1c([2H])c([2H])c(-c2c([2H])c([2H])c([2H])c(-c3c4ccccc4c(-c4c([2H])c([2H])c5c(oc6c([2H])c7c([2H])c([2H])c([2H])c([2H])c7c([2H])c65)c4[2H])c4ccccc34)c2[2H])c([2H])c1[2H]. The second-order valence-electron chi connectivity index (χ2n) is 9.85. The Morgan fingerprint density at radius 2 is 0.907 bits per heavy atom. The Hall–Kier alpha value is -5.66. The van der Waals surface area contributed by atoms with Crippen molar-refractivity contribution in [2.24, 2.45) is 0 Å². The van der Waals surface area contributed by atoms with Crippen LogP contribution in [0.4, 0.5) is 0 Å². The van der Waals surface area contributed by atoms with Crippen LogP contribution in [0.1, 0.15) is 24.7 Å². The summed E-state index contributed by atoms with van der Waals surface area (Å²) in [4.78, 5) is 0. The first kappa shape index (κ1) is 12.3. The molecular formula is C42H26O. The zero-order chi connectivity index (χ0) is 44.0. The van der Waals surface area contributed by atoms with Crippen LogP contribution >= 0.6 is 0 Å². The molecule has 0 N–H and O–H groups in total. The summed E-state index contributed by atoms with van der Waals surface area (Å²) in [6.45, 7) is 0. The second-order valence-corrected chi connectivity index (χ2v) is 9.85. The lowest BCUT2D eigenvalue weighted by Gasteiger charge is -2.18. The first-order valence-corrected chi connectivity index (χ1v) is 13.3. The number of hydrogen-bond acceptors (Lipinski definition) is 1. The molecule has 9 rings (SSSR count). The predicted octanol–water partition coefficient (Wildman–Crippen LogP) is 12.0. The van der Waals surface area contributed by atoms with Crippen molar-refractivity contribution < 1.29 is 29.1 Å². The molecule has 0 bridgehead atoms. The average molecular weight is 565 g/mol. The van der Waals surface area contributed by atoms with E-state index >= 15 is 0 Å². The standard InChI is InChI=1S/C42H26O/c1-2-11-27(12-3-1)28-15-10-16-31(23-28)41-34-17-6-8-19-36(34)42(37-20-9-7-18-35(37)41)32-21-22-33-38-24-29-13-4-5-14-30(29)25-40(38)43-39(33)26-32/h1-26H/i1D,2D,3D,4D,5D,10D,11D,12D,13D,14D,15D,16D,21D,22D,23D,24D,25D,26D. The smallest absolute Gasteiger partial charge is 0.136 e. The van der Waals surface area contributed by atoms with Gasteiger partial charge in [-0.2, -0.15) is 0 Å². The Balaban J connectivity index is 1.42. The Labute approximate surface area is 274 Å². The van der Waals surface area contributed by atoms with Gasteiger partial charge >= 0.3 is 0 Å². The lowest BCUT2D eigenvalue weighted by molar-refractivity contribution is 0.669. The summed E-state index contributed by atoms with van der Waals surface area (Å²) in [5, 5.41) is 0.527. The summed E-state index contributed by atoms with van der Waals surface area (Å²) in [6, 6.07) is 2.74. The van der Waals surface area contributed by atoms with E-state index in [9.17, 15) is 5.48 Å². The molecule has 0 saturated heterocycles. The van der Waals surface area contributed by atoms with Crippen LogP contribution in [-0.2, 0) is 0 Å². The first-order chi connectivity index (χ1) is 28.8. The molecule has 0 amide bonds. The normalized spacial score (nSPS) is 17.6. The van der Waals surface area contributed by atoms with Gasteiger partial charge in [-0.05, 0) is 95.9 Å². The van der Waals surface area contributed by atoms with Gasteiger partial charge in [0.15, 0.2) is 0 Å². The third-order valence-electron chi connectivity index (χ3n) is 7.44. The predicted molar refractivity (Wildman–Crippen MR) is 183 cm³/mol. The van der Waals surface area contributed by atoms with E-state index in [1.54, 1.807) is 48.5 Å². The molecule has 200 valence electrons. The molecule has 43 heavy (non-hydrogen) atoms. The van der Waals surface area contributed by atoms with Crippen molar-refractivity contribution in [2.75, 3.05) is 0 Å². The molecule has 9 aromatic rings. The molecule has 1 aromatic heterocycles. The summed E-state index contributed by atoms with van der Waals surface area (Å²) in [5.41, 5.74) is -1.29. The molecule has 0 unspecified atom stereocenters. The number of fused-ring (bicyclic) bond motifs is 6. The van der Waals surface area contributed by atoms with Crippen molar-refractivity contribution in [2.45, 2.75) is 0 Å². The van der Waals surface area contributed by atoms with Gasteiger partial charge < -0.3 is 4.42 Å². The third kappa shape index (κ3) is 3.79. The first-order valence-electron chi connectivity index (χ1n) is 22.3. The Morgan fingerprint density at radius 1 is 0.372 bits per heavy atom. The van der Waals surface area contributed by atoms with E-state index in [1.807, 2.05) is 0 Å². The highest BCUT2D eigenvalue weighted by Crippen LogP contribution is 2.45. The van der Waals surface area contributed by atoms with E-state index in [4.69, 9.17) is 23.6 Å². The van der Waals surface area contributed by atoms with E-state index in [0.29, 0.717) is 21.5 Å². The minimum Gasteiger partial charge on any atom is -0.456 e. The van der Waals surface area contributed by atoms with E-state index < -0.39 is 120 Å². The summed E-state index contributed by atoms with van der Waals surface area (Å²) in [7, 11) is 0. The van der Waals surface area contributed by atoms with E-state index in [-0.39, 0.29) is 55.0 Å². The van der Waals surface area contributed by atoms with Gasteiger partial charge in [0, 0.05) is 10.8 Å². The maximum atomic E-state index is 9.58. The monoisotopic (exact) mass is 564 g/mol. The highest BCUT2D eigenvalue weighted by atomic mass is 16.3. The zero-order valence-electron chi connectivity index (χ0n) is 40.0. The molecule has 0 aliphatic heterocycles. The lowest BCUT2D eigenvalue weighted by atomic mass is 9.85. The molecule has 0 fully saturated rings. The topological polar surface area (TPSA) is 13.1 Å². The summed E-state index contributed by atoms with van der Waals surface area (Å²) in [5.74, 6) is 0. The second kappa shape index (κ2) is 9.44. The highest BCUT2D eigenvalue weighted by Gasteiger charge is 2.18. The molecule has 1 heteroatoms. The quantitative estimate of drug-likeness (QED) is 0.195. The molecule has 1 heterocycles. The Morgan fingerprint density at radius 3 is 1.58 bits per heavy atom. The van der Waals surface area contributed by atoms with Crippen LogP contribution in [-0.4, -0.2) is 0 Å². The molecule has 8 aromatic carbocycles. The fourth-order valence-corrected chi connectivity index (χ4v) is 5.61. The minimum atomic E-state index is -0.705. The van der Waals surface area contributed by atoms with Crippen molar-refractivity contribution in [1.29, 1.82) is 0 Å². The van der Waals surface area contributed by atoms with Crippen LogP contribution in [0.2, 0.25) is 0 Å². The molecule has 0 aliphatic carbocycles. The lowest BCUT2D eigenvalue weighted by Crippen LogP contribution is -1.91.